The molecule has 0 aromatic heterocycles. The summed E-state index contributed by atoms with van der Waals surface area (Å²) in [5.74, 6) is -3.16. The molecule has 0 spiro atoms. The fraction of sp³-hybridized carbons (Fsp3) is 0.500. The summed E-state index contributed by atoms with van der Waals surface area (Å²) < 4.78 is 0. The van der Waals surface area contributed by atoms with Gasteiger partial charge in [-0.25, -0.2) is 0 Å². The second-order valence-corrected chi connectivity index (χ2v) is 7.54. The molecule has 3 amide bonds. The Balaban J connectivity index is 2.83. The molecule has 11 nitrogen and oxygen atoms in total. The zero-order chi connectivity index (χ0) is 24.1. The zero-order valence-corrected chi connectivity index (χ0v) is 18.5. The van der Waals surface area contributed by atoms with Gasteiger partial charge in [-0.05, 0) is 37.1 Å². The van der Waals surface area contributed by atoms with Crippen molar-refractivity contribution in [1.82, 2.24) is 16.0 Å². The first-order chi connectivity index (χ1) is 15.2. The highest BCUT2D eigenvalue weighted by Gasteiger charge is 2.27. The molecular formula is C20H31N5O6S. The first-order valence-corrected chi connectivity index (χ1v) is 10.8. The molecule has 0 aliphatic carbocycles. The SMILES string of the molecule is NCCCCC(N)C(=O)NC(CS)C(=O)NC(Cc1ccc(O)cc1)C(=O)NCC(=O)O. The van der Waals surface area contributed by atoms with Gasteiger partial charge in [0.15, 0.2) is 0 Å². The van der Waals surface area contributed by atoms with Gasteiger partial charge in [-0.1, -0.05) is 18.6 Å². The Kier molecular flexibility index (Phi) is 12.1. The number of benzene rings is 1. The molecule has 0 radical (unpaired) electrons. The van der Waals surface area contributed by atoms with Crippen LogP contribution in [0.3, 0.4) is 0 Å². The molecule has 12 heteroatoms. The molecule has 1 aromatic rings. The monoisotopic (exact) mass is 469 g/mol. The summed E-state index contributed by atoms with van der Waals surface area (Å²) in [6, 6.07) is 2.99. The molecule has 0 aliphatic heterocycles. The minimum Gasteiger partial charge on any atom is -0.508 e. The maximum atomic E-state index is 12.7. The van der Waals surface area contributed by atoms with E-state index in [2.05, 4.69) is 28.6 Å². The van der Waals surface area contributed by atoms with E-state index in [0.29, 0.717) is 24.9 Å². The number of aliphatic carboxylic acids is 1. The van der Waals surface area contributed by atoms with Crippen LogP contribution >= 0.6 is 12.6 Å². The Labute approximate surface area is 191 Å². The van der Waals surface area contributed by atoms with Gasteiger partial charge in [0.05, 0.1) is 6.04 Å². The summed E-state index contributed by atoms with van der Waals surface area (Å²) in [6.45, 7) is -0.131. The number of carboxylic acid groups (broad SMARTS) is 1. The number of amides is 3. The number of carbonyl (C=O) groups is 4. The maximum absolute atomic E-state index is 12.7. The molecule has 32 heavy (non-hydrogen) atoms. The van der Waals surface area contributed by atoms with Crippen molar-refractivity contribution in [3.8, 4) is 5.75 Å². The first kappa shape index (κ1) is 27.2. The average molecular weight is 470 g/mol. The quantitative estimate of drug-likeness (QED) is 0.119. The Morgan fingerprint density at radius 2 is 1.59 bits per heavy atom. The first-order valence-electron chi connectivity index (χ1n) is 10.1. The van der Waals surface area contributed by atoms with Crippen molar-refractivity contribution in [2.45, 2.75) is 43.8 Å². The standard InChI is InChI=1S/C20H31N5O6S/c21-8-2-1-3-14(22)18(29)25-16(11-32)20(31)24-15(19(30)23-10-17(27)28)9-12-4-6-13(26)7-5-12/h4-7,14-16,26,32H,1-3,8-11,21-22H2,(H,23,30)(H,24,31)(H,25,29)(H,27,28). The molecule has 178 valence electrons. The number of phenols is 1. The fourth-order valence-corrected chi connectivity index (χ4v) is 3.00. The molecule has 0 bridgehead atoms. The third-order valence-electron chi connectivity index (χ3n) is 4.54. The fourth-order valence-electron chi connectivity index (χ4n) is 2.75. The molecule has 0 heterocycles. The number of phenolic OH excluding ortho intramolecular Hbond substituents is 1. The highest BCUT2D eigenvalue weighted by molar-refractivity contribution is 7.80. The van der Waals surface area contributed by atoms with Crippen LogP contribution in [-0.4, -0.2) is 70.9 Å². The summed E-state index contributed by atoms with van der Waals surface area (Å²) in [5.41, 5.74) is 11.9. The van der Waals surface area contributed by atoms with Crippen molar-refractivity contribution in [3.63, 3.8) is 0 Å². The molecule has 1 aromatic carbocycles. The largest absolute Gasteiger partial charge is 0.508 e. The average Bonchev–Trinajstić information content (AvgIpc) is 2.76. The van der Waals surface area contributed by atoms with E-state index in [1.807, 2.05) is 0 Å². The highest BCUT2D eigenvalue weighted by atomic mass is 32.1. The molecule has 0 fully saturated rings. The van der Waals surface area contributed by atoms with Gasteiger partial charge >= 0.3 is 5.97 Å². The van der Waals surface area contributed by atoms with Gasteiger partial charge in [-0.2, -0.15) is 12.6 Å². The van der Waals surface area contributed by atoms with Gasteiger partial charge in [-0.3, -0.25) is 19.2 Å². The minimum atomic E-state index is -1.24. The minimum absolute atomic E-state index is 0.0311. The number of hydrogen-bond acceptors (Lipinski definition) is 8. The lowest BCUT2D eigenvalue weighted by Crippen LogP contribution is -2.57. The van der Waals surface area contributed by atoms with Crippen LogP contribution in [0.4, 0.5) is 0 Å². The zero-order valence-electron chi connectivity index (χ0n) is 17.6. The number of nitrogens with two attached hydrogens (primary N) is 2. The van der Waals surface area contributed by atoms with E-state index < -0.39 is 48.4 Å². The van der Waals surface area contributed by atoms with E-state index in [1.54, 1.807) is 12.1 Å². The van der Waals surface area contributed by atoms with Crippen LogP contribution in [0, 0.1) is 0 Å². The Bertz CT molecular complexity index is 776. The third-order valence-corrected chi connectivity index (χ3v) is 4.91. The number of nitrogens with one attached hydrogen (secondary N) is 3. The number of unbranched alkanes of at least 4 members (excludes halogenated alkanes) is 1. The molecule has 0 saturated heterocycles. The van der Waals surface area contributed by atoms with E-state index in [4.69, 9.17) is 16.6 Å². The summed E-state index contributed by atoms with van der Waals surface area (Å²) in [4.78, 5) is 48.2. The summed E-state index contributed by atoms with van der Waals surface area (Å²) in [7, 11) is 0. The normalized spacial score (nSPS) is 13.5. The van der Waals surface area contributed by atoms with Gasteiger partial charge in [0.1, 0.15) is 24.4 Å². The van der Waals surface area contributed by atoms with Gasteiger partial charge < -0.3 is 37.6 Å². The van der Waals surface area contributed by atoms with E-state index in [-0.39, 0.29) is 17.9 Å². The number of thiol groups is 1. The number of carbonyl (C=O) groups excluding carboxylic acids is 3. The van der Waals surface area contributed by atoms with E-state index >= 15 is 0 Å². The Morgan fingerprint density at radius 3 is 2.16 bits per heavy atom. The molecule has 9 N–H and O–H groups in total. The van der Waals surface area contributed by atoms with E-state index in [1.165, 1.54) is 12.1 Å². The Morgan fingerprint density at radius 1 is 0.969 bits per heavy atom. The number of hydrogen-bond donors (Lipinski definition) is 8. The molecule has 0 aliphatic rings. The second kappa shape index (κ2) is 14.3. The van der Waals surface area contributed by atoms with Crippen LogP contribution in [0.5, 0.6) is 5.75 Å². The van der Waals surface area contributed by atoms with E-state index in [9.17, 15) is 24.3 Å². The van der Waals surface area contributed by atoms with Crippen molar-refractivity contribution in [3.05, 3.63) is 29.8 Å². The van der Waals surface area contributed by atoms with Gasteiger partial charge in [-0.15, -0.1) is 0 Å². The topological polar surface area (TPSA) is 197 Å². The second-order valence-electron chi connectivity index (χ2n) is 7.18. The van der Waals surface area contributed by atoms with Crippen molar-refractivity contribution in [2.75, 3.05) is 18.8 Å². The van der Waals surface area contributed by atoms with Crippen LogP contribution in [-0.2, 0) is 25.6 Å². The summed E-state index contributed by atoms with van der Waals surface area (Å²) >= 11 is 4.10. The van der Waals surface area contributed by atoms with Crippen LogP contribution in [0.15, 0.2) is 24.3 Å². The lowest BCUT2D eigenvalue weighted by molar-refractivity contribution is -0.138. The smallest absolute Gasteiger partial charge is 0.322 e. The molecule has 1 rings (SSSR count). The van der Waals surface area contributed by atoms with Crippen LogP contribution in [0.2, 0.25) is 0 Å². The van der Waals surface area contributed by atoms with Gasteiger partial charge in [0.2, 0.25) is 17.7 Å². The molecule has 0 saturated carbocycles. The predicted octanol–water partition coefficient (Wildman–Crippen LogP) is -1.51. The number of carboxylic acids is 1. The maximum Gasteiger partial charge on any atom is 0.322 e. The highest BCUT2D eigenvalue weighted by Crippen LogP contribution is 2.12. The van der Waals surface area contributed by atoms with Crippen molar-refractivity contribution >= 4 is 36.3 Å². The van der Waals surface area contributed by atoms with E-state index in [0.717, 1.165) is 6.42 Å². The number of aromatic hydroxyl groups is 1. The number of rotatable bonds is 14. The molecular weight excluding hydrogens is 438 g/mol. The van der Waals surface area contributed by atoms with Crippen molar-refractivity contribution in [1.29, 1.82) is 0 Å². The van der Waals surface area contributed by atoms with Crippen LogP contribution in [0.1, 0.15) is 24.8 Å². The van der Waals surface area contributed by atoms with Gasteiger partial charge in [0, 0.05) is 12.2 Å². The Hall–Kier alpha value is -2.83. The summed E-state index contributed by atoms with van der Waals surface area (Å²) in [5, 5.41) is 25.5. The third kappa shape index (κ3) is 9.98. The van der Waals surface area contributed by atoms with Crippen molar-refractivity contribution in [2.24, 2.45) is 11.5 Å². The summed E-state index contributed by atoms with van der Waals surface area (Å²) in [6.07, 6.45) is 1.83. The van der Waals surface area contributed by atoms with Crippen molar-refractivity contribution < 1.29 is 29.4 Å². The molecule has 3 atom stereocenters. The van der Waals surface area contributed by atoms with Crippen LogP contribution in [0.25, 0.3) is 0 Å². The predicted molar refractivity (Wildman–Crippen MR) is 121 cm³/mol. The lowest BCUT2D eigenvalue weighted by Gasteiger charge is -2.23. The lowest BCUT2D eigenvalue weighted by atomic mass is 10.0. The molecule has 3 unspecified atom stereocenters. The van der Waals surface area contributed by atoms with Gasteiger partial charge in [0.25, 0.3) is 0 Å². The van der Waals surface area contributed by atoms with Crippen LogP contribution < -0.4 is 27.4 Å².